The van der Waals surface area contributed by atoms with E-state index in [9.17, 15) is 4.79 Å². The minimum atomic E-state index is 0.578. The Morgan fingerprint density at radius 3 is 2.12 bits per heavy atom. The first-order valence-corrected chi connectivity index (χ1v) is 10.2. The maximum atomic E-state index is 11.3. The fraction of sp³-hybridized carbons (Fsp3) is 0.522. The Hall–Kier alpha value is -2.03. The summed E-state index contributed by atoms with van der Waals surface area (Å²) in [5.41, 5.74) is 2.45. The van der Waals surface area contributed by atoms with Gasteiger partial charge in [0.25, 0.3) is 0 Å². The Bertz CT molecular complexity index is 618. The largest absolute Gasteiger partial charge is 0.491 e. The van der Waals surface area contributed by atoms with E-state index in [1.54, 1.807) is 6.20 Å². The van der Waals surface area contributed by atoms with Crippen molar-refractivity contribution < 1.29 is 9.53 Å². The van der Waals surface area contributed by atoms with Gasteiger partial charge in [0.2, 0.25) is 0 Å². The Morgan fingerprint density at radius 2 is 1.50 bits per heavy atom. The molecule has 3 heteroatoms. The monoisotopic (exact) mass is 355 g/mol. The van der Waals surface area contributed by atoms with Gasteiger partial charge in [-0.2, -0.15) is 0 Å². The molecule has 3 nitrogen and oxygen atoms in total. The lowest BCUT2D eigenvalue weighted by Crippen LogP contribution is -1.98. The van der Waals surface area contributed by atoms with Gasteiger partial charge in [-0.05, 0) is 12.0 Å². The van der Waals surface area contributed by atoms with Crippen molar-refractivity contribution in [2.45, 2.75) is 71.1 Å². The molecule has 0 aliphatic rings. The Labute approximate surface area is 158 Å². The Balaban J connectivity index is 1.66. The summed E-state index contributed by atoms with van der Waals surface area (Å²) in [5.74, 6) is 0.772. The van der Waals surface area contributed by atoms with Crippen molar-refractivity contribution in [3.05, 3.63) is 42.2 Å². The van der Waals surface area contributed by atoms with Gasteiger partial charge in [0, 0.05) is 6.20 Å². The summed E-state index contributed by atoms with van der Waals surface area (Å²) in [5, 5.41) is 0. The standard InChI is InChI=1S/C23H33NO2/c1-2-3-4-5-6-7-8-9-10-14-17-26-22-18-24-21(19-25)23(22)20-15-12-11-13-16-20/h11-13,15-16,18-19,24H,2-10,14,17H2,1H3. The number of H-pyrrole nitrogens is 1. The highest BCUT2D eigenvalue weighted by molar-refractivity contribution is 5.89. The van der Waals surface area contributed by atoms with E-state index >= 15 is 0 Å². The zero-order chi connectivity index (χ0) is 18.5. The molecule has 0 radical (unpaired) electrons. The van der Waals surface area contributed by atoms with Crippen molar-refractivity contribution in [1.82, 2.24) is 4.98 Å². The number of carbonyl (C=O) groups excluding carboxylic acids is 1. The van der Waals surface area contributed by atoms with Gasteiger partial charge in [0.05, 0.1) is 17.9 Å². The highest BCUT2D eigenvalue weighted by atomic mass is 16.5. The molecule has 1 aromatic carbocycles. The van der Waals surface area contributed by atoms with Crippen molar-refractivity contribution in [3.8, 4) is 16.9 Å². The molecule has 0 unspecified atom stereocenters. The third kappa shape index (κ3) is 6.70. The van der Waals surface area contributed by atoms with Gasteiger partial charge in [0.15, 0.2) is 6.29 Å². The van der Waals surface area contributed by atoms with Gasteiger partial charge in [0.1, 0.15) is 5.75 Å². The average molecular weight is 356 g/mol. The van der Waals surface area contributed by atoms with Crippen molar-refractivity contribution in [2.75, 3.05) is 6.61 Å². The molecule has 0 saturated heterocycles. The molecule has 0 fully saturated rings. The molecule has 0 aliphatic carbocycles. The third-order valence-corrected chi connectivity index (χ3v) is 4.81. The van der Waals surface area contributed by atoms with E-state index in [1.807, 2.05) is 30.3 Å². The van der Waals surface area contributed by atoms with E-state index in [4.69, 9.17) is 4.74 Å². The van der Waals surface area contributed by atoms with Crippen LogP contribution in [0.25, 0.3) is 11.1 Å². The molecule has 26 heavy (non-hydrogen) atoms. The number of hydrogen-bond donors (Lipinski definition) is 1. The zero-order valence-corrected chi connectivity index (χ0v) is 16.1. The lowest BCUT2D eigenvalue weighted by atomic mass is 10.1. The number of aromatic amines is 1. The summed E-state index contributed by atoms with van der Waals surface area (Å²) < 4.78 is 5.96. The number of benzene rings is 1. The second-order valence-corrected chi connectivity index (χ2v) is 6.96. The zero-order valence-electron chi connectivity index (χ0n) is 16.1. The summed E-state index contributed by atoms with van der Waals surface area (Å²) in [6.07, 6.45) is 15.8. The van der Waals surface area contributed by atoms with Crippen LogP contribution >= 0.6 is 0 Å². The van der Waals surface area contributed by atoms with Crippen molar-refractivity contribution in [3.63, 3.8) is 0 Å². The SMILES string of the molecule is CCCCCCCCCCCCOc1c[nH]c(C=O)c1-c1ccccc1. The highest BCUT2D eigenvalue weighted by Crippen LogP contribution is 2.32. The van der Waals surface area contributed by atoms with Crippen LogP contribution in [-0.2, 0) is 0 Å². The predicted octanol–water partition coefficient (Wildman–Crippen LogP) is 6.79. The predicted molar refractivity (Wildman–Crippen MR) is 109 cm³/mol. The van der Waals surface area contributed by atoms with Crippen LogP contribution in [0.5, 0.6) is 5.75 Å². The molecule has 0 atom stereocenters. The summed E-state index contributed by atoms with van der Waals surface area (Å²) in [6, 6.07) is 9.93. The minimum Gasteiger partial charge on any atom is -0.491 e. The number of ether oxygens (including phenoxy) is 1. The maximum absolute atomic E-state index is 11.3. The van der Waals surface area contributed by atoms with E-state index < -0.39 is 0 Å². The van der Waals surface area contributed by atoms with Gasteiger partial charge in [-0.1, -0.05) is 95.0 Å². The first-order valence-electron chi connectivity index (χ1n) is 10.2. The van der Waals surface area contributed by atoms with Crippen LogP contribution in [0.1, 0.15) is 81.6 Å². The number of hydrogen-bond acceptors (Lipinski definition) is 2. The van der Waals surface area contributed by atoms with Gasteiger partial charge in [-0.3, -0.25) is 4.79 Å². The minimum absolute atomic E-state index is 0.578. The number of aldehydes is 1. The maximum Gasteiger partial charge on any atom is 0.167 e. The molecule has 1 aromatic heterocycles. The van der Waals surface area contributed by atoms with Crippen LogP contribution in [0.3, 0.4) is 0 Å². The fourth-order valence-corrected chi connectivity index (χ4v) is 3.30. The molecule has 142 valence electrons. The van der Waals surface area contributed by atoms with Crippen molar-refractivity contribution in [2.24, 2.45) is 0 Å². The van der Waals surface area contributed by atoms with Gasteiger partial charge in [-0.15, -0.1) is 0 Å². The second kappa shape index (κ2) is 12.3. The lowest BCUT2D eigenvalue weighted by Gasteiger charge is -2.08. The second-order valence-electron chi connectivity index (χ2n) is 6.96. The van der Waals surface area contributed by atoms with Gasteiger partial charge < -0.3 is 9.72 Å². The molecule has 1 heterocycles. The first kappa shape index (κ1) is 20.3. The van der Waals surface area contributed by atoms with Crippen LogP contribution in [0.4, 0.5) is 0 Å². The van der Waals surface area contributed by atoms with E-state index in [0.29, 0.717) is 12.3 Å². The smallest absolute Gasteiger partial charge is 0.167 e. The van der Waals surface area contributed by atoms with Gasteiger partial charge in [-0.25, -0.2) is 0 Å². The molecular weight excluding hydrogens is 322 g/mol. The molecule has 0 aliphatic heterocycles. The Kier molecular flexibility index (Phi) is 9.63. The fourth-order valence-electron chi connectivity index (χ4n) is 3.30. The van der Waals surface area contributed by atoms with Crippen LogP contribution < -0.4 is 4.74 Å². The van der Waals surface area contributed by atoms with Crippen molar-refractivity contribution in [1.29, 1.82) is 0 Å². The Morgan fingerprint density at radius 1 is 0.885 bits per heavy atom. The molecule has 0 spiro atoms. The third-order valence-electron chi connectivity index (χ3n) is 4.81. The number of unbranched alkanes of at least 4 members (excludes halogenated alkanes) is 9. The van der Waals surface area contributed by atoms with E-state index in [0.717, 1.165) is 29.6 Å². The number of rotatable bonds is 14. The van der Waals surface area contributed by atoms with Gasteiger partial charge >= 0.3 is 0 Å². The van der Waals surface area contributed by atoms with Crippen LogP contribution in [-0.4, -0.2) is 17.9 Å². The quantitative estimate of drug-likeness (QED) is 0.299. The van der Waals surface area contributed by atoms with Crippen LogP contribution in [0.15, 0.2) is 36.5 Å². The topological polar surface area (TPSA) is 42.1 Å². The highest BCUT2D eigenvalue weighted by Gasteiger charge is 2.13. The van der Waals surface area contributed by atoms with Crippen molar-refractivity contribution >= 4 is 6.29 Å². The molecule has 0 saturated carbocycles. The number of aromatic nitrogens is 1. The molecular formula is C23H33NO2. The van der Waals surface area contributed by atoms with Crippen LogP contribution in [0.2, 0.25) is 0 Å². The summed E-state index contributed by atoms with van der Waals surface area (Å²) in [7, 11) is 0. The summed E-state index contributed by atoms with van der Waals surface area (Å²) >= 11 is 0. The molecule has 1 N–H and O–H groups in total. The average Bonchev–Trinajstić information content (AvgIpc) is 3.09. The summed E-state index contributed by atoms with van der Waals surface area (Å²) in [6.45, 7) is 2.96. The van der Waals surface area contributed by atoms with E-state index in [1.165, 1.54) is 57.8 Å². The van der Waals surface area contributed by atoms with Crippen LogP contribution in [0, 0.1) is 0 Å². The number of carbonyl (C=O) groups is 1. The lowest BCUT2D eigenvalue weighted by molar-refractivity contribution is 0.112. The summed E-state index contributed by atoms with van der Waals surface area (Å²) in [4.78, 5) is 14.3. The van der Waals surface area contributed by atoms with E-state index in [-0.39, 0.29) is 0 Å². The molecule has 0 amide bonds. The normalized spacial score (nSPS) is 10.8. The molecule has 2 aromatic rings. The molecule has 0 bridgehead atoms. The van der Waals surface area contributed by atoms with E-state index in [2.05, 4.69) is 11.9 Å². The number of nitrogens with one attached hydrogen (secondary N) is 1. The molecule has 2 rings (SSSR count). The first-order chi connectivity index (χ1) is 12.9.